The van der Waals surface area contributed by atoms with E-state index in [0.29, 0.717) is 18.8 Å². The molecule has 3 heterocycles. The number of hydrogen-bond acceptors (Lipinski definition) is 5. The summed E-state index contributed by atoms with van der Waals surface area (Å²) in [4.78, 5) is 31.3. The summed E-state index contributed by atoms with van der Waals surface area (Å²) in [6.45, 7) is 3.10. The van der Waals surface area contributed by atoms with Gasteiger partial charge in [-0.2, -0.15) is 0 Å². The van der Waals surface area contributed by atoms with Crippen molar-refractivity contribution in [2.75, 3.05) is 19.6 Å². The van der Waals surface area contributed by atoms with Crippen molar-refractivity contribution >= 4 is 11.8 Å². The highest BCUT2D eigenvalue weighted by Crippen LogP contribution is 2.29. The van der Waals surface area contributed by atoms with Gasteiger partial charge < -0.3 is 20.3 Å². The van der Waals surface area contributed by atoms with Gasteiger partial charge in [0.15, 0.2) is 0 Å². The number of nitrogens with one attached hydrogen (secondary N) is 2. The van der Waals surface area contributed by atoms with Crippen molar-refractivity contribution in [2.24, 2.45) is 5.92 Å². The number of aliphatic hydroxyl groups excluding tert-OH is 1. The van der Waals surface area contributed by atoms with Crippen LogP contribution in [-0.4, -0.2) is 63.2 Å². The van der Waals surface area contributed by atoms with Gasteiger partial charge in [-0.1, -0.05) is 24.3 Å². The molecule has 2 aromatic rings. The van der Waals surface area contributed by atoms with Crippen molar-refractivity contribution in [1.82, 2.24) is 25.1 Å². The Balaban J connectivity index is 1.09. The third-order valence-electron chi connectivity index (χ3n) is 6.70. The molecule has 1 aromatic heterocycles. The van der Waals surface area contributed by atoms with E-state index in [1.54, 1.807) is 6.20 Å². The smallest absolute Gasteiger partial charge is 0.271 e. The fourth-order valence-corrected chi connectivity index (χ4v) is 4.71. The second-order valence-electron chi connectivity index (χ2n) is 9.33. The lowest BCUT2D eigenvalue weighted by Crippen LogP contribution is -2.42. The molecule has 2 amide bonds. The first-order chi connectivity index (χ1) is 15.5. The molecule has 2 unspecified atom stereocenters. The molecule has 0 saturated heterocycles. The molecule has 32 heavy (non-hydrogen) atoms. The maximum atomic E-state index is 12.6. The Morgan fingerprint density at radius 1 is 1.16 bits per heavy atom. The van der Waals surface area contributed by atoms with Crippen molar-refractivity contribution in [2.45, 2.75) is 57.3 Å². The highest BCUT2D eigenvalue weighted by molar-refractivity contribution is 5.92. The number of carbonyl (C=O) groups is 2. The van der Waals surface area contributed by atoms with Crippen molar-refractivity contribution in [3.8, 4) is 0 Å². The first-order valence-corrected chi connectivity index (χ1v) is 11.7. The molecule has 0 radical (unpaired) electrons. The van der Waals surface area contributed by atoms with E-state index in [0.717, 1.165) is 51.0 Å². The molecule has 1 saturated carbocycles. The molecule has 1 aromatic carbocycles. The SMILES string of the molecule is O=C(NCC(O)CN1CCc2ccccc2C1)c1cn2c(n1)CCC(NC(=O)C1CC1)C2. The van der Waals surface area contributed by atoms with Crippen molar-refractivity contribution in [1.29, 1.82) is 0 Å². The zero-order valence-corrected chi connectivity index (χ0v) is 18.3. The lowest BCUT2D eigenvalue weighted by atomic mass is 10.00. The second-order valence-corrected chi connectivity index (χ2v) is 9.33. The molecule has 0 spiro atoms. The predicted octanol–water partition coefficient (Wildman–Crippen LogP) is 0.873. The molecule has 3 N–H and O–H groups in total. The molecule has 3 aliphatic rings. The predicted molar refractivity (Wildman–Crippen MR) is 119 cm³/mol. The highest BCUT2D eigenvalue weighted by atomic mass is 16.3. The Morgan fingerprint density at radius 2 is 1.97 bits per heavy atom. The minimum Gasteiger partial charge on any atom is -0.390 e. The quantitative estimate of drug-likeness (QED) is 0.597. The van der Waals surface area contributed by atoms with Crippen LogP contribution in [0.1, 0.15) is 46.7 Å². The van der Waals surface area contributed by atoms with Gasteiger partial charge in [-0.15, -0.1) is 0 Å². The zero-order chi connectivity index (χ0) is 22.1. The first kappa shape index (κ1) is 21.2. The van der Waals surface area contributed by atoms with Crippen LogP contribution in [0.25, 0.3) is 0 Å². The van der Waals surface area contributed by atoms with Crippen LogP contribution in [-0.2, 0) is 30.7 Å². The molecule has 0 bridgehead atoms. The van der Waals surface area contributed by atoms with Crippen LogP contribution in [0.4, 0.5) is 0 Å². The number of hydrogen-bond donors (Lipinski definition) is 3. The van der Waals surface area contributed by atoms with Crippen LogP contribution in [0.15, 0.2) is 30.5 Å². The number of aromatic nitrogens is 2. The van der Waals surface area contributed by atoms with Crippen LogP contribution in [0, 0.1) is 5.92 Å². The zero-order valence-electron chi connectivity index (χ0n) is 18.3. The van der Waals surface area contributed by atoms with Gasteiger partial charge in [-0.3, -0.25) is 14.5 Å². The molecule has 1 aliphatic carbocycles. The molecule has 5 rings (SSSR count). The standard InChI is InChI=1S/C24H31N5O3/c30-20(14-28-10-9-16-3-1-2-4-18(16)12-28)11-25-24(32)21-15-29-13-19(7-8-22(29)27-21)26-23(31)17-5-6-17/h1-4,15,17,19-20,30H,5-14H2,(H,25,32)(H,26,31). The molecule has 8 heteroatoms. The Bertz CT molecular complexity index is 999. The van der Waals surface area contributed by atoms with Crippen LogP contribution >= 0.6 is 0 Å². The molecule has 2 aliphatic heterocycles. The van der Waals surface area contributed by atoms with Crippen LogP contribution in [0.2, 0.25) is 0 Å². The Kier molecular flexibility index (Phi) is 5.97. The Labute approximate surface area is 188 Å². The van der Waals surface area contributed by atoms with Crippen LogP contribution in [0.3, 0.4) is 0 Å². The average molecular weight is 438 g/mol. The van der Waals surface area contributed by atoms with Crippen molar-refractivity contribution in [3.05, 3.63) is 53.1 Å². The summed E-state index contributed by atoms with van der Waals surface area (Å²) in [5.74, 6) is 0.961. The van der Waals surface area contributed by atoms with E-state index in [4.69, 9.17) is 0 Å². The highest BCUT2D eigenvalue weighted by Gasteiger charge is 2.32. The van der Waals surface area contributed by atoms with E-state index < -0.39 is 6.10 Å². The summed E-state index contributed by atoms with van der Waals surface area (Å²) in [7, 11) is 0. The Morgan fingerprint density at radius 3 is 2.78 bits per heavy atom. The van der Waals surface area contributed by atoms with Gasteiger partial charge >= 0.3 is 0 Å². The van der Waals surface area contributed by atoms with Crippen molar-refractivity contribution < 1.29 is 14.7 Å². The summed E-state index contributed by atoms with van der Waals surface area (Å²) in [6.07, 6.45) is 5.68. The second kappa shape index (κ2) is 9.03. The molecule has 1 fully saturated rings. The van der Waals surface area contributed by atoms with E-state index in [9.17, 15) is 14.7 Å². The largest absolute Gasteiger partial charge is 0.390 e. The number of benzene rings is 1. The summed E-state index contributed by atoms with van der Waals surface area (Å²) < 4.78 is 1.97. The minimum absolute atomic E-state index is 0.0946. The number of aryl methyl sites for hydroxylation is 1. The molecule has 170 valence electrons. The van der Waals surface area contributed by atoms with E-state index in [1.807, 2.05) is 10.6 Å². The minimum atomic E-state index is -0.636. The van der Waals surface area contributed by atoms with E-state index in [-0.39, 0.29) is 30.3 Å². The average Bonchev–Trinajstić information content (AvgIpc) is 3.56. The monoisotopic (exact) mass is 437 g/mol. The van der Waals surface area contributed by atoms with Gasteiger partial charge in [0.1, 0.15) is 11.5 Å². The van der Waals surface area contributed by atoms with E-state index >= 15 is 0 Å². The maximum Gasteiger partial charge on any atom is 0.271 e. The molecular formula is C24H31N5O3. The lowest BCUT2D eigenvalue weighted by Gasteiger charge is -2.30. The topological polar surface area (TPSA) is 99.5 Å². The van der Waals surface area contributed by atoms with Gasteiger partial charge in [0.2, 0.25) is 5.91 Å². The number of β-amino-alcohol motifs (C(OH)–C–C–N with tert-alkyl or cyclic N) is 1. The number of imidazole rings is 1. The summed E-state index contributed by atoms with van der Waals surface area (Å²) in [5, 5.41) is 16.4. The normalized spacial score (nSPS) is 21.3. The lowest BCUT2D eigenvalue weighted by molar-refractivity contribution is -0.123. The number of carbonyl (C=O) groups excluding carboxylic acids is 2. The van der Waals surface area contributed by atoms with Crippen LogP contribution in [0.5, 0.6) is 0 Å². The molecule has 8 nitrogen and oxygen atoms in total. The molecule has 2 atom stereocenters. The number of aliphatic hydroxyl groups is 1. The Hall–Kier alpha value is -2.71. The van der Waals surface area contributed by atoms with E-state index in [2.05, 4.69) is 38.7 Å². The fraction of sp³-hybridized carbons (Fsp3) is 0.542. The first-order valence-electron chi connectivity index (χ1n) is 11.7. The number of amides is 2. The maximum absolute atomic E-state index is 12.6. The van der Waals surface area contributed by atoms with Gasteiger partial charge in [0.25, 0.3) is 5.91 Å². The number of fused-ring (bicyclic) bond motifs is 2. The van der Waals surface area contributed by atoms with Crippen molar-refractivity contribution in [3.63, 3.8) is 0 Å². The fourth-order valence-electron chi connectivity index (χ4n) is 4.71. The van der Waals surface area contributed by atoms with Gasteiger partial charge in [0, 0.05) is 57.3 Å². The molecular weight excluding hydrogens is 406 g/mol. The van der Waals surface area contributed by atoms with Crippen LogP contribution < -0.4 is 10.6 Å². The summed E-state index contributed by atoms with van der Waals surface area (Å²) in [5.41, 5.74) is 3.06. The third kappa shape index (κ3) is 4.86. The number of nitrogens with zero attached hydrogens (tertiary/aromatic N) is 3. The van der Waals surface area contributed by atoms with Gasteiger partial charge in [-0.05, 0) is 36.8 Å². The third-order valence-corrected chi connectivity index (χ3v) is 6.70. The van der Waals surface area contributed by atoms with E-state index in [1.165, 1.54) is 11.1 Å². The van der Waals surface area contributed by atoms with Gasteiger partial charge in [-0.25, -0.2) is 4.98 Å². The summed E-state index contributed by atoms with van der Waals surface area (Å²) in [6, 6.07) is 8.51. The summed E-state index contributed by atoms with van der Waals surface area (Å²) >= 11 is 0. The van der Waals surface area contributed by atoms with Gasteiger partial charge in [0.05, 0.1) is 6.10 Å². The number of rotatable bonds is 7.